The van der Waals surface area contributed by atoms with Crippen molar-refractivity contribution in [3.8, 4) is 0 Å². The van der Waals surface area contributed by atoms with Gasteiger partial charge in [0.25, 0.3) is 5.17 Å². The Morgan fingerprint density at radius 2 is 2.00 bits per heavy atom. The normalized spacial score (nSPS) is 6.78. The fourth-order valence-electron chi connectivity index (χ4n) is 0.177. The number of thioether (sulfide) groups is 1. The molecule has 3 nitrogen and oxygen atoms in total. The highest BCUT2D eigenvalue weighted by molar-refractivity contribution is 8.93. The first-order valence-corrected chi connectivity index (χ1v) is 2.96. The minimum absolute atomic E-state index is 0. The van der Waals surface area contributed by atoms with Gasteiger partial charge in [-0.2, -0.15) is 0 Å². The number of hydrogen-bond acceptors (Lipinski definition) is 2. The van der Waals surface area contributed by atoms with E-state index in [0.717, 1.165) is 5.75 Å². The Kier molecular flexibility index (Phi) is 21.0. The molecule has 0 atom stereocenters. The standard InChI is InChI=1S/C3H9N3S.2BrH/c4-1-2-7-3(5)6;;/h1-2,4H2,(H3,5,6);2*1H. The SMILES string of the molecule is Br.NCCSC(N)=[NH2+].[Br-]. The van der Waals surface area contributed by atoms with Crippen LogP contribution in [0.15, 0.2) is 0 Å². The van der Waals surface area contributed by atoms with Gasteiger partial charge < -0.3 is 22.7 Å². The second-order valence-corrected chi connectivity index (χ2v) is 2.21. The average molecular weight is 281 g/mol. The Balaban J connectivity index is -0.000000180. The van der Waals surface area contributed by atoms with E-state index in [1.807, 2.05) is 0 Å². The molecule has 0 fully saturated rings. The van der Waals surface area contributed by atoms with Crippen LogP contribution < -0.4 is 33.9 Å². The largest absolute Gasteiger partial charge is 1.00 e. The van der Waals surface area contributed by atoms with E-state index in [1.54, 1.807) is 0 Å². The second kappa shape index (κ2) is 11.5. The van der Waals surface area contributed by atoms with Gasteiger partial charge in [0.05, 0.1) is 0 Å². The first-order chi connectivity index (χ1) is 3.27. The molecule has 6 N–H and O–H groups in total. The fourth-order valence-corrected chi connectivity index (χ4v) is 0.530. The number of hydrogen-bond donors (Lipinski definition) is 3. The summed E-state index contributed by atoms with van der Waals surface area (Å²) in [7, 11) is 0. The minimum atomic E-state index is 0. The third kappa shape index (κ3) is 17.7. The molecule has 0 aliphatic heterocycles. The Bertz CT molecular complexity index is 70.1. The van der Waals surface area contributed by atoms with Crippen molar-refractivity contribution in [3.05, 3.63) is 0 Å². The quantitative estimate of drug-likeness (QED) is 0.352. The van der Waals surface area contributed by atoms with Crippen LogP contribution in [-0.4, -0.2) is 17.5 Å². The zero-order chi connectivity index (χ0) is 5.70. The van der Waals surface area contributed by atoms with Gasteiger partial charge in [0.1, 0.15) is 0 Å². The van der Waals surface area contributed by atoms with Crippen LogP contribution in [0.2, 0.25) is 0 Å². The molecule has 0 unspecified atom stereocenters. The van der Waals surface area contributed by atoms with Crippen LogP contribution in [0.1, 0.15) is 0 Å². The molecule has 58 valence electrons. The molecule has 0 amide bonds. The summed E-state index contributed by atoms with van der Waals surface area (Å²) in [6, 6.07) is 0. The predicted molar refractivity (Wildman–Crippen MR) is 43.0 cm³/mol. The Morgan fingerprint density at radius 1 is 1.56 bits per heavy atom. The van der Waals surface area contributed by atoms with Crippen molar-refractivity contribution in [1.82, 2.24) is 0 Å². The first-order valence-electron chi connectivity index (χ1n) is 1.98. The van der Waals surface area contributed by atoms with E-state index in [2.05, 4.69) is 0 Å². The van der Waals surface area contributed by atoms with E-state index in [-0.39, 0.29) is 34.0 Å². The zero-order valence-electron chi connectivity index (χ0n) is 4.84. The van der Waals surface area contributed by atoms with Crippen LogP contribution in [0.25, 0.3) is 0 Å². The van der Waals surface area contributed by atoms with Crippen LogP contribution in [0.5, 0.6) is 0 Å². The summed E-state index contributed by atoms with van der Waals surface area (Å²) >= 11 is 1.38. The van der Waals surface area contributed by atoms with Gasteiger partial charge in [-0.15, -0.1) is 17.0 Å². The molecule has 0 aromatic carbocycles. The smallest absolute Gasteiger partial charge is 0.299 e. The molecule has 9 heavy (non-hydrogen) atoms. The van der Waals surface area contributed by atoms with Crippen molar-refractivity contribution >= 4 is 33.9 Å². The van der Waals surface area contributed by atoms with Crippen molar-refractivity contribution in [3.63, 3.8) is 0 Å². The van der Waals surface area contributed by atoms with E-state index in [1.165, 1.54) is 11.8 Å². The monoisotopic (exact) mass is 279 g/mol. The molecule has 0 heterocycles. The summed E-state index contributed by atoms with van der Waals surface area (Å²) in [5.41, 5.74) is 10.2. The van der Waals surface area contributed by atoms with Gasteiger partial charge in [0.2, 0.25) is 0 Å². The zero-order valence-corrected chi connectivity index (χ0v) is 8.96. The lowest BCUT2D eigenvalue weighted by Gasteiger charge is -1.85. The van der Waals surface area contributed by atoms with E-state index in [4.69, 9.17) is 16.9 Å². The first kappa shape index (κ1) is 16.4. The third-order valence-corrected chi connectivity index (χ3v) is 1.16. The Labute approximate surface area is 80.0 Å². The maximum atomic E-state index is 5.13. The maximum absolute atomic E-state index is 5.13. The molecular formula is C3H11Br2N3S. The molecule has 0 rings (SSSR count). The lowest BCUT2D eigenvalue weighted by molar-refractivity contribution is -0.110. The van der Waals surface area contributed by atoms with E-state index in [9.17, 15) is 0 Å². The van der Waals surface area contributed by atoms with Crippen molar-refractivity contribution in [1.29, 1.82) is 0 Å². The second-order valence-electron chi connectivity index (χ2n) is 1.04. The summed E-state index contributed by atoms with van der Waals surface area (Å²) in [6.07, 6.45) is 0. The lowest BCUT2D eigenvalue weighted by Crippen LogP contribution is -3.00. The number of halogens is 2. The van der Waals surface area contributed by atoms with E-state index in [0.29, 0.717) is 11.7 Å². The number of nitrogens with two attached hydrogens (primary N) is 3. The molecule has 0 aromatic heterocycles. The highest BCUT2D eigenvalue weighted by atomic mass is 79.9. The lowest BCUT2D eigenvalue weighted by atomic mass is 10.8. The van der Waals surface area contributed by atoms with Gasteiger partial charge in [-0.25, -0.2) is 0 Å². The Hall–Kier alpha value is 0.740. The molecule has 0 aromatic rings. The van der Waals surface area contributed by atoms with Crippen LogP contribution in [0.4, 0.5) is 0 Å². The molecule has 0 aliphatic carbocycles. The van der Waals surface area contributed by atoms with Gasteiger partial charge in [-0.3, -0.25) is 11.1 Å². The van der Waals surface area contributed by atoms with Gasteiger partial charge in [0.15, 0.2) is 0 Å². The third-order valence-electron chi connectivity index (χ3n) is 0.387. The molecule has 0 saturated heterocycles. The minimum Gasteiger partial charge on any atom is -1.00 e. The summed E-state index contributed by atoms with van der Waals surface area (Å²) in [5.74, 6) is 0.808. The molecule has 6 heteroatoms. The van der Waals surface area contributed by atoms with Crippen molar-refractivity contribution < 1.29 is 22.4 Å². The molecule has 0 radical (unpaired) electrons. The average Bonchev–Trinajstić information content (AvgIpc) is 1.61. The van der Waals surface area contributed by atoms with Gasteiger partial charge in [-0.05, 0) is 11.8 Å². The van der Waals surface area contributed by atoms with Crippen LogP contribution in [-0.2, 0) is 0 Å². The van der Waals surface area contributed by atoms with Gasteiger partial charge in [-0.1, -0.05) is 0 Å². The van der Waals surface area contributed by atoms with Gasteiger partial charge in [0, 0.05) is 12.3 Å². The van der Waals surface area contributed by atoms with Crippen LogP contribution >= 0.6 is 28.7 Å². The van der Waals surface area contributed by atoms with E-state index < -0.39 is 0 Å². The highest BCUT2D eigenvalue weighted by Gasteiger charge is 1.90. The van der Waals surface area contributed by atoms with Crippen molar-refractivity contribution in [2.24, 2.45) is 11.5 Å². The summed E-state index contributed by atoms with van der Waals surface area (Å²) in [4.78, 5) is 0. The molecule has 0 spiro atoms. The highest BCUT2D eigenvalue weighted by Crippen LogP contribution is 1.89. The topological polar surface area (TPSA) is 77.6 Å². The number of amidine groups is 1. The van der Waals surface area contributed by atoms with Gasteiger partial charge >= 0.3 is 0 Å². The molecule has 0 bridgehead atoms. The van der Waals surface area contributed by atoms with Crippen molar-refractivity contribution in [2.75, 3.05) is 12.3 Å². The van der Waals surface area contributed by atoms with Crippen molar-refractivity contribution in [2.45, 2.75) is 0 Å². The molecular weight excluding hydrogens is 270 g/mol. The molecule has 0 aliphatic rings. The van der Waals surface area contributed by atoms with Crippen LogP contribution in [0.3, 0.4) is 0 Å². The summed E-state index contributed by atoms with van der Waals surface area (Å²) in [5, 5.41) is 5.47. The summed E-state index contributed by atoms with van der Waals surface area (Å²) < 4.78 is 0. The predicted octanol–water partition coefficient (Wildman–Crippen LogP) is -4.67. The van der Waals surface area contributed by atoms with Crippen LogP contribution in [0, 0.1) is 0 Å². The Morgan fingerprint density at radius 3 is 2.11 bits per heavy atom. The molecule has 0 saturated carbocycles. The maximum Gasteiger partial charge on any atom is 0.299 e. The summed E-state index contributed by atoms with van der Waals surface area (Å²) in [6.45, 7) is 0.628. The fraction of sp³-hybridized carbons (Fsp3) is 0.667. The number of rotatable bonds is 2. The van der Waals surface area contributed by atoms with E-state index >= 15 is 0 Å².